The van der Waals surface area contributed by atoms with Crippen LogP contribution in [0.1, 0.15) is 26.5 Å². The van der Waals surface area contributed by atoms with Crippen LogP contribution in [0.4, 0.5) is 0 Å². The van der Waals surface area contributed by atoms with E-state index in [2.05, 4.69) is 35.8 Å². The Balaban J connectivity index is 2.60. The average Bonchev–Trinajstić information content (AvgIpc) is 2.61. The van der Waals surface area contributed by atoms with Crippen LogP contribution in [0, 0.1) is 0 Å². The lowest BCUT2D eigenvalue weighted by atomic mass is 9.89. The maximum Gasteiger partial charge on any atom is 0.162 e. The minimum Gasteiger partial charge on any atom is -0.271 e. The van der Waals surface area contributed by atoms with Gasteiger partial charge in [-0.15, -0.1) is 0 Å². The van der Waals surface area contributed by atoms with Gasteiger partial charge in [0.05, 0.1) is 17.5 Å². The van der Waals surface area contributed by atoms with E-state index in [1.807, 2.05) is 24.0 Å². The predicted octanol–water partition coefficient (Wildman–Crippen LogP) is 2.17. The van der Waals surface area contributed by atoms with Crippen LogP contribution in [-0.2, 0) is 12.5 Å². The SMILES string of the molecule is Cn1ncc(-c2ncccn2)c1C(C)(C)C. The Hall–Kier alpha value is -1.71. The summed E-state index contributed by atoms with van der Waals surface area (Å²) in [6.07, 6.45) is 5.33. The van der Waals surface area contributed by atoms with E-state index in [-0.39, 0.29) is 5.41 Å². The second-order valence-electron chi connectivity index (χ2n) is 4.85. The number of hydrogen-bond acceptors (Lipinski definition) is 3. The van der Waals surface area contributed by atoms with E-state index in [9.17, 15) is 0 Å². The highest BCUT2D eigenvalue weighted by molar-refractivity contribution is 5.58. The quantitative estimate of drug-likeness (QED) is 0.733. The Kier molecular flexibility index (Phi) is 2.50. The van der Waals surface area contributed by atoms with Gasteiger partial charge in [0, 0.05) is 24.9 Å². The lowest BCUT2D eigenvalue weighted by Crippen LogP contribution is -2.17. The second-order valence-corrected chi connectivity index (χ2v) is 4.85. The molecular formula is C12H16N4. The van der Waals surface area contributed by atoms with Crippen molar-refractivity contribution in [3.8, 4) is 11.4 Å². The van der Waals surface area contributed by atoms with Gasteiger partial charge < -0.3 is 0 Å². The molecule has 0 saturated heterocycles. The van der Waals surface area contributed by atoms with Crippen molar-refractivity contribution in [1.82, 2.24) is 19.7 Å². The average molecular weight is 216 g/mol. The zero-order valence-corrected chi connectivity index (χ0v) is 10.1. The Morgan fingerprint density at radius 1 is 1.12 bits per heavy atom. The molecule has 0 amide bonds. The molecule has 0 aliphatic rings. The summed E-state index contributed by atoms with van der Waals surface area (Å²) < 4.78 is 1.89. The van der Waals surface area contributed by atoms with Crippen molar-refractivity contribution in [2.45, 2.75) is 26.2 Å². The molecule has 0 bridgehead atoms. The molecule has 2 heterocycles. The molecule has 4 heteroatoms. The zero-order chi connectivity index (χ0) is 11.8. The monoisotopic (exact) mass is 216 g/mol. The Morgan fingerprint density at radius 3 is 2.31 bits per heavy atom. The van der Waals surface area contributed by atoms with Gasteiger partial charge in [0.15, 0.2) is 5.82 Å². The molecule has 0 N–H and O–H groups in total. The summed E-state index contributed by atoms with van der Waals surface area (Å²) in [5.41, 5.74) is 2.19. The molecule has 16 heavy (non-hydrogen) atoms. The van der Waals surface area contributed by atoms with Gasteiger partial charge in [-0.25, -0.2) is 9.97 Å². The molecule has 0 atom stereocenters. The van der Waals surface area contributed by atoms with E-state index in [1.165, 1.54) is 0 Å². The van der Waals surface area contributed by atoms with Crippen LogP contribution in [0.5, 0.6) is 0 Å². The third kappa shape index (κ3) is 1.83. The molecule has 0 aliphatic carbocycles. The first-order chi connectivity index (χ1) is 7.50. The van der Waals surface area contributed by atoms with E-state index < -0.39 is 0 Å². The molecule has 0 spiro atoms. The molecule has 4 nitrogen and oxygen atoms in total. The predicted molar refractivity (Wildman–Crippen MR) is 62.9 cm³/mol. The number of aryl methyl sites for hydroxylation is 1. The molecule has 2 rings (SSSR count). The Morgan fingerprint density at radius 2 is 1.75 bits per heavy atom. The molecule has 2 aromatic rings. The first kappa shape index (κ1) is 10.8. The highest BCUT2D eigenvalue weighted by atomic mass is 15.3. The van der Waals surface area contributed by atoms with Gasteiger partial charge in [0.2, 0.25) is 0 Å². The van der Waals surface area contributed by atoms with E-state index in [4.69, 9.17) is 0 Å². The van der Waals surface area contributed by atoms with Crippen LogP contribution in [0.15, 0.2) is 24.7 Å². The van der Waals surface area contributed by atoms with Crippen LogP contribution in [0.2, 0.25) is 0 Å². The van der Waals surface area contributed by atoms with Crippen molar-refractivity contribution in [1.29, 1.82) is 0 Å². The molecule has 0 unspecified atom stereocenters. The third-order valence-electron chi connectivity index (χ3n) is 2.46. The molecule has 2 aromatic heterocycles. The lowest BCUT2D eigenvalue weighted by molar-refractivity contribution is 0.524. The highest BCUT2D eigenvalue weighted by Gasteiger charge is 2.24. The lowest BCUT2D eigenvalue weighted by Gasteiger charge is -2.20. The van der Waals surface area contributed by atoms with Crippen molar-refractivity contribution in [3.05, 3.63) is 30.4 Å². The van der Waals surface area contributed by atoms with E-state index in [1.54, 1.807) is 12.4 Å². The first-order valence-electron chi connectivity index (χ1n) is 5.30. The summed E-state index contributed by atoms with van der Waals surface area (Å²) in [4.78, 5) is 8.54. The van der Waals surface area contributed by atoms with Gasteiger partial charge >= 0.3 is 0 Å². The maximum absolute atomic E-state index is 4.30. The summed E-state index contributed by atoms with van der Waals surface area (Å²) in [5, 5.41) is 4.30. The van der Waals surface area contributed by atoms with Gasteiger partial charge in [-0.05, 0) is 6.07 Å². The van der Waals surface area contributed by atoms with E-state index in [0.717, 1.165) is 17.1 Å². The fourth-order valence-electron chi connectivity index (χ4n) is 1.93. The third-order valence-corrected chi connectivity index (χ3v) is 2.46. The van der Waals surface area contributed by atoms with Crippen LogP contribution in [-0.4, -0.2) is 19.7 Å². The van der Waals surface area contributed by atoms with Crippen molar-refractivity contribution >= 4 is 0 Å². The molecule has 0 radical (unpaired) electrons. The fourth-order valence-corrected chi connectivity index (χ4v) is 1.93. The Labute approximate surface area is 95.4 Å². The first-order valence-corrected chi connectivity index (χ1v) is 5.30. The van der Waals surface area contributed by atoms with Crippen LogP contribution in [0.25, 0.3) is 11.4 Å². The number of aromatic nitrogens is 4. The summed E-state index contributed by atoms with van der Waals surface area (Å²) in [6, 6.07) is 1.82. The molecule has 0 aliphatic heterocycles. The fraction of sp³-hybridized carbons (Fsp3) is 0.417. The van der Waals surface area contributed by atoms with Crippen molar-refractivity contribution in [2.24, 2.45) is 7.05 Å². The van der Waals surface area contributed by atoms with Gasteiger partial charge in [0.25, 0.3) is 0 Å². The smallest absolute Gasteiger partial charge is 0.162 e. The molecule has 0 aromatic carbocycles. The normalized spacial score (nSPS) is 11.8. The minimum absolute atomic E-state index is 0.0276. The number of rotatable bonds is 1. The second kappa shape index (κ2) is 3.70. The van der Waals surface area contributed by atoms with E-state index in [0.29, 0.717) is 0 Å². The number of nitrogens with zero attached hydrogens (tertiary/aromatic N) is 4. The summed E-state index contributed by atoms with van der Waals surface area (Å²) in [5.74, 6) is 0.737. The zero-order valence-electron chi connectivity index (χ0n) is 10.1. The largest absolute Gasteiger partial charge is 0.271 e. The molecule has 0 saturated carbocycles. The minimum atomic E-state index is 0.0276. The van der Waals surface area contributed by atoms with Crippen molar-refractivity contribution < 1.29 is 0 Å². The van der Waals surface area contributed by atoms with Crippen LogP contribution < -0.4 is 0 Å². The molecule has 84 valence electrons. The van der Waals surface area contributed by atoms with Crippen LogP contribution in [0.3, 0.4) is 0 Å². The molecular weight excluding hydrogens is 200 g/mol. The highest BCUT2D eigenvalue weighted by Crippen LogP contribution is 2.30. The topological polar surface area (TPSA) is 43.6 Å². The summed E-state index contributed by atoms with van der Waals surface area (Å²) in [6.45, 7) is 6.49. The van der Waals surface area contributed by atoms with Gasteiger partial charge in [-0.3, -0.25) is 4.68 Å². The molecule has 0 fully saturated rings. The standard InChI is InChI=1S/C12H16N4/c1-12(2,3)10-9(8-15-16(10)4)11-13-6-5-7-14-11/h5-8H,1-4H3. The van der Waals surface area contributed by atoms with Crippen molar-refractivity contribution in [3.63, 3.8) is 0 Å². The Bertz CT molecular complexity index is 479. The summed E-state index contributed by atoms with van der Waals surface area (Å²) in [7, 11) is 1.95. The number of hydrogen-bond donors (Lipinski definition) is 0. The van der Waals surface area contributed by atoms with Gasteiger partial charge in [0.1, 0.15) is 0 Å². The van der Waals surface area contributed by atoms with E-state index >= 15 is 0 Å². The maximum atomic E-state index is 4.30. The van der Waals surface area contributed by atoms with Gasteiger partial charge in [-0.1, -0.05) is 20.8 Å². The van der Waals surface area contributed by atoms with Crippen molar-refractivity contribution in [2.75, 3.05) is 0 Å². The van der Waals surface area contributed by atoms with Gasteiger partial charge in [-0.2, -0.15) is 5.10 Å². The van der Waals surface area contributed by atoms with Crippen LogP contribution >= 0.6 is 0 Å². The summed E-state index contributed by atoms with van der Waals surface area (Å²) >= 11 is 0.